The summed E-state index contributed by atoms with van der Waals surface area (Å²) in [5.41, 5.74) is 1.81. The number of hydrogen-bond donors (Lipinski definition) is 1. The zero-order chi connectivity index (χ0) is 18.9. The second-order valence-corrected chi connectivity index (χ2v) is 7.19. The number of rotatable bonds is 8. The van der Waals surface area contributed by atoms with Crippen LogP contribution in [0, 0.1) is 0 Å². The molecule has 5 nitrogen and oxygen atoms in total. The summed E-state index contributed by atoms with van der Waals surface area (Å²) in [6.07, 6.45) is 0. The molecule has 0 bridgehead atoms. The molecule has 26 heavy (non-hydrogen) atoms. The number of amides is 2. The average molecular weight is 393 g/mol. The van der Waals surface area contributed by atoms with E-state index in [2.05, 4.69) is 5.32 Å². The minimum atomic E-state index is -0.111. The summed E-state index contributed by atoms with van der Waals surface area (Å²) in [5.74, 6) is 1.51. The molecule has 0 aliphatic heterocycles. The van der Waals surface area contributed by atoms with E-state index in [1.807, 2.05) is 24.3 Å². The normalized spacial score (nSPS) is 10.3. The smallest absolute Gasteiger partial charge is 0.259 e. The van der Waals surface area contributed by atoms with E-state index in [-0.39, 0.29) is 18.4 Å². The Balaban J connectivity index is 1.73. The van der Waals surface area contributed by atoms with Crippen LogP contribution in [0.15, 0.2) is 48.5 Å². The molecule has 2 aromatic carbocycles. The average Bonchev–Trinajstić information content (AvgIpc) is 2.62. The van der Waals surface area contributed by atoms with Crippen LogP contribution in [-0.2, 0) is 15.3 Å². The largest absolute Gasteiger partial charge is 0.484 e. The van der Waals surface area contributed by atoms with Crippen molar-refractivity contribution in [3.05, 3.63) is 59.1 Å². The van der Waals surface area contributed by atoms with Crippen LogP contribution >= 0.6 is 23.4 Å². The molecule has 7 heteroatoms. The van der Waals surface area contributed by atoms with Crippen LogP contribution < -0.4 is 10.1 Å². The number of hydrogen-bond acceptors (Lipinski definition) is 4. The molecular formula is C19H21ClN2O3S. The molecule has 0 unspecified atom stereocenters. The number of ether oxygens (including phenoxy) is 1. The van der Waals surface area contributed by atoms with Crippen molar-refractivity contribution in [2.24, 2.45) is 0 Å². The monoisotopic (exact) mass is 392 g/mol. The van der Waals surface area contributed by atoms with E-state index in [4.69, 9.17) is 16.3 Å². The molecule has 2 amide bonds. The molecule has 0 atom stereocenters. The Morgan fingerprint density at radius 2 is 1.73 bits per heavy atom. The lowest BCUT2D eigenvalue weighted by molar-refractivity contribution is -0.130. The van der Waals surface area contributed by atoms with Gasteiger partial charge < -0.3 is 15.0 Å². The number of thioether (sulfide) groups is 1. The van der Waals surface area contributed by atoms with Gasteiger partial charge in [0.1, 0.15) is 5.75 Å². The van der Waals surface area contributed by atoms with Gasteiger partial charge in [0, 0.05) is 30.6 Å². The van der Waals surface area contributed by atoms with Crippen molar-refractivity contribution in [1.29, 1.82) is 0 Å². The highest BCUT2D eigenvalue weighted by Crippen LogP contribution is 2.18. The second-order valence-electron chi connectivity index (χ2n) is 5.77. The van der Waals surface area contributed by atoms with Crippen LogP contribution in [0.4, 0.5) is 5.69 Å². The van der Waals surface area contributed by atoms with E-state index in [1.165, 1.54) is 16.7 Å². The molecule has 0 radical (unpaired) electrons. The van der Waals surface area contributed by atoms with Gasteiger partial charge in [0.2, 0.25) is 5.91 Å². The lowest BCUT2D eigenvalue weighted by atomic mass is 10.2. The Hall–Kier alpha value is -2.18. The van der Waals surface area contributed by atoms with Crippen molar-refractivity contribution in [3.63, 3.8) is 0 Å². The van der Waals surface area contributed by atoms with Crippen LogP contribution in [0.25, 0.3) is 0 Å². The first-order valence-electron chi connectivity index (χ1n) is 7.99. The fraction of sp³-hybridized carbons (Fsp3) is 0.263. The number of halogens is 1. The molecule has 0 aliphatic rings. The summed E-state index contributed by atoms with van der Waals surface area (Å²) in [5, 5.41) is 3.54. The van der Waals surface area contributed by atoms with Crippen molar-refractivity contribution >= 4 is 40.9 Å². The van der Waals surface area contributed by atoms with E-state index in [9.17, 15) is 9.59 Å². The first-order chi connectivity index (χ1) is 12.4. The predicted octanol–water partition coefficient (Wildman–Crippen LogP) is 3.68. The molecule has 1 N–H and O–H groups in total. The summed E-state index contributed by atoms with van der Waals surface area (Å²) >= 11 is 7.38. The SMILES string of the molecule is CN(C)C(=O)COc1ccc(NC(=O)CSCc2ccc(Cl)cc2)cc1. The highest BCUT2D eigenvalue weighted by Gasteiger charge is 2.06. The van der Waals surface area contributed by atoms with Crippen molar-refractivity contribution in [2.75, 3.05) is 31.8 Å². The zero-order valence-electron chi connectivity index (χ0n) is 14.7. The quantitative estimate of drug-likeness (QED) is 0.744. The van der Waals surface area contributed by atoms with E-state index < -0.39 is 0 Å². The van der Waals surface area contributed by atoms with E-state index >= 15 is 0 Å². The molecule has 0 aliphatic carbocycles. The second kappa shape index (κ2) is 10.1. The van der Waals surface area contributed by atoms with Gasteiger partial charge in [-0.1, -0.05) is 23.7 Å². The van der Waals surface area contributed by atoms with Gasteiger partial charge in [-0.05, 0) is 42.0 Å². The summed E-state index contributed by atoms with van der Waals surface area (Å²) in [6.45, 7) is -0.0138. The van der Waals surface area contributed by atoms with Gasteiger partial charge in [-0.2, -0.15) is 0 Å². The standard InChI is InChI=1S/C19H21ClN2O3S/c1-22(2)19(24)11-25-17-9-7-16(8-10-17)21-18(23)13-26-12-14-3-5-15(20)6-4-14/h3-10H,11-13H2,1-2H3,(H,21,23). The van der Waals surface area contributed by atoms with Crippen LogP contribution in [0.3, 0.4) is 0 Å². The minimum absolute atomic E-state index is 0.0138. The van der Waals surface area contributed by atoms with Crippen molar-refractivity contribution < 1.29 is 14.3 Å². The number of nitrogens with zero attached hydrogens (tertiary/aromatic N) is 1. The lowest BCUT2D eigenvalue weighted by Gasteiger charge is -2.11. The minimum Gasteiger partial charge on any atom is -0.484 e. The number of carbonyl (C=O) groups is 2. The maximum Gasteiger partial charge on any atom is 0.259 e. The number of anilines is 1. The molecule has 2 rings (SSSR count). The summed E-state index contributed by atoms with van der Waals surface area (Å²) in [6, 6.07) is 14.5. The highest BCUT2D eigenvalue weighted by molar-refractivity contribution is 7.99. The van der Waals surface area contributed by atoms with Gasteiger partial charge >= 0.3 is 0 Å². The third kappa shape index (κ3) is 6.98. The van der Waals surface area contributed by atoms with E-state index in [0.717, 1.165) is 11.3 Å². The van der Waals surface area contributed by atoms with Gasteiger partial charge in [-0.25, -0.2) is 0 Å². The topological polar surface area (TPSA) is 58.6 Å². The molecular weight excluding hydrogens is 372 g/mol. The Labute approximate surface area is 162 Å². The fourth-order valence-electron chi connectivity index (χ4n) is 1.95. The van der Waals surface area contributed by atoms with Crippen LogP contribution in [-0.4, -0.2) is 43.2 Å². The molecule has 0 heterocycles. The number of nitrogens with one attached hydrogen (secondary N) is 1. The van der Waals surface area contributed by atoms with Crippen molar-refractivity contribution in [2.45, 2.75) is 5.75 Å². The Bertz CT molecular complexity index is 733. The summed E-state index contributed by atoms with van der Waals surface area (Å²) in [7, 11) is 3.35. The Morgan fingerprint density at radius 3 is 2.35 bits per heavy atom. The number of carbonyl (C=O) groups excluding carboxylic acids is 2. The van der Waals surface area contributed by atoms with Crippen molar-refractivity contribution in [1.82, 2.24) is 4.90 Å². The number of benzene rings is 2. The van der Waals surface area contributed by atoms with Crippen molar-refractivity contribution in [3.8, 4) is 5.75 Å². The molecule has 138 valence electrons. The summed E-state index contributed by atoms with van der Waals surface area (Å²) < 4.78 is 5.39. The summed E-state index contributed by atoms with van der Waals surface area (Å²) in [4.78, 5) is 24.9. The molecule has 2 aromatic rings. The Kier molecular flexibility index (Phi) is 7.81. The van der Waals surface area contributed by atoms with Gasteiger partial charge in [-0.3, -0.25) is 9.59 Å². The van der Waals surface area contributed by atoms with E-state index in [0.29, 0.717) is 22.2 Å². The molecule has 0 saturated heterocycles. The van der Waals surface area contributed by atoms with Crippen LogP contribution in [0.1, 0.15) is 5.56 Å². The third-order valence-electron chi connectivity index (χ3n) is 3.41. The third-order valence-corrected chi connectivity index (χ3v) is 4.67. The highest BCUT2D eigenvalue weighted by atomic mass is 35.5. The molecule has 0 saturated carbocycles. The van der Waals surface area contributed by atoms with Gasteiger partial charge in [0.05, 0.1) is 5.75 Å². The van der Waals surface area contributed by atoms with Crippen LogP contribution in [0.2, 0.25) is 5.02 Å². The van der Waals surface area contributed by atoms with Gasteiger partial charge in [-0.15, -0.1) is 11.8 Å². The van der Waals surface area contributed by atoms with Gasteiger partial charge in [0.25, 0.3) is 5.91 Å². The maximum atomic E-state index is 12.0. The lowest BCUT2D eigenvalue weighted by Crippen LogP contribution is -2.27. The fourth-order valence-corrected chi connectivity index (χ4v) is 2.86. The molecule has 0 spiro atoms. The Morgan fingerprint density at radius 1 is 1.08 bits per heavy atom. The zero-order valence-corrected chi connectivity index (χ0v) is 16.3. The maximum absolute atomic E-state index is 12.0. The molecule has 0 aromatic heterocycles. The first-order valence-corrected chi connectivity index (χ1v) is 9.52. The van der Waals surface area contributed by atoms with E-state index in [1.54, 1.807) is 38.4 Å². The first kappa shape index (κ1) is 20.1. The predicted molar refractivity (Wildman–Crippen MR) is 107 cm³/mol. The molecule has 0 fully saturated rings. The van der Waals surface area contributed by atoms with Crippen LogP contribution in [0.5, 0.6) is 5.75 Å². The van der Waals surface area contributed by atoms with Gasteiger partial charge in [0.15, 0.2) is 6.61 Å². The number of likely N-dealkylation sites (N-methyl/N-ethyl adjacent to an activating group) is 1.